The molecule has 1 aliphatic heterocycles. The van der Waals surface area contributed by atoms with Crippen LogP contribution in [0.2, 0.25) is 0 Å². The molecule has 0 radical (unpaired) electrons. The van der Waals surface area contributed by atoms with E-state index >= 15 is 0 Å². The summed E-state index contributed by atoms with van der Waals surface area (Å²) in [5.41, 5.74) is 2.55. The largest absolute Gasteiger partial charge is 0.325 e. The van der Waals surface area contributed by atoms with Crippen molar-refractivity contribution in [2.75, 3.05) is 16.8 Å². The Hall–Kier alpha value is -2.62. The van der Waals surface area contributed by atoms with Crippen molar-refractivity contribution in [3.8, 4) is 0 Å². The molecule has 0 unspecified atom stereocenters. The van der Waals surface area contributed by atoms with E-state index in [0.29, 0.717) is 12.1 Å². The third-order valence-corrected chi connectivity index (χ3v) is 4.38. The van der Waals surface area contributed by atoms with Crippen molar-refractivity contribution in [1.29, 1.82) is 0 Å². The molecule has 0 saturated carbocycles. The maximum Gasteiger partial charge on any atom is 0.258 e. The van der Waals surface area contributed by atoms with Gasteiger partial charge in [0.2, 0.25) is 5.91 Å². The van der Waals surface area contributed by atoms with E-state index in [2.05, 4.69) is 5.32 Å². The third kappa shape index (κ3) is 2.50. The summed E-state index contributed by atoms with van der Waals surface area (Å²) in [4.78, 5) is 26.6. The van der Waals surface area contributed by atoms with Crippen LogP contribution in [0, 0.1) is 0 Å². The minimum Gasteiger partial charge on any atom is -0.325 e. The summed E-state index contributed by atoms with van der Waals surface area (Å²) in [5.74, 6) is -0.104. The van der Waals surface area contributed by atoms with Gasteiger partial charge in [0.25, 0.3) is 5.91 Å². The molecule has 118 valence electrons. The number of hydrogen-bond donors (Lipinski definition) is 1. The van der Waals surface area contributed by atoms with E-state index in [4.69, 9.17) is 0 Å². The summed E-state index contributed by atoms with van der Waals surface area (Å²) in [7, 11) is 0. The maximum atomic E-state index is 12.8. The summed E-state index contributed by atoms with van der Waals surface area (Å²) in [5, 5.41) is 2.87. The van der Waals surface area contributed by atoms with Gasteiger partial charge in [-0.25, -0.2) is 0 Å². The standard InChI is InChI=1S/C19H20N2O2/c1-4-21(14-8-6-5-7-9-14)17(22)13-10-11-15-16(12-13)20-18(23)19(15,2)3/h5-12H,4H2,1-3H3,(H,20,23). The van der Waals surface area contributed by atoms with Crippen LogP contribution in [0.3, 0.4) is 0 Å². The van der Waals surface area contributed by atoms with Crippen LogP contribution in [0.4, 0.5) is 11.4 Å². The SMILES string of the molecule is CCN(C(=O)c1ccc2c(c1)NC(=O)C2(C)C)c1ccccc1. The number of carbonyl (C=O) groups is 2. The van der Waals surface area contributed by atoms with Crippen LogP contribution < -0.4 is 10.2 Å². The number of nitrogens with zero attached hydrogens (tertiary/aromatic N) is 1. The normalized spacial score (nSPS) is 15.0. The fraction of sp³-hybridized carbons (Fsp3) is 0.263. The van der Waals surface area contributed by atoms with Gasteiger partial charge in [0, 0.05) is 23.5 Å². The lowest BCUT2D eigenvalue weighted by atomic mass is 9.86. The lowest BCUT2D eigenvalue weighted by Gasteiger charge is -2.21. The Kier molecular flexibility index (Phi) is 3.68. The minimum absolute atomic E-state index is 0.0347. The van der Waals surface area contributed by atoms with E-state index in [0.717, 1.165) is 16.9 Å². The molecule has 2 aromatic rings. The van der Waals surface area contributed by atoms with Gasteiger partial charge in [-0.2, -0.15) is 0 Å². The molecule has 4 heteroatoms. The van der Waals surface area contributed by atoms with Crippen molar-refractivity contribution >= 4 is 23.2 Å². The van der Waals surface area contributed by atoms with Crippen LogP contribution in [-0.2, 0) is 10.2 Å². The van der Waals surface area contributed by atoms with Crippen LogP contribution in [0.25, 0.3) is 0 Å². The summed E-state index contributed by atoms with van der Waals surface area (Å²) in [6.07, 6.45) is 0. The van der Waals surface area contributed by atoms with Crippen LogP contribution in [-0.4, -0.2) is 18.4 Å². The number of hydrogen-bond acceptors (Lipinski definition) is 2. The summed E-state index contributed by atoms with van der Waals surface area (Å²) < 4.78 is 0. The van der Waals surface area contributed by atoms with Crippen molar-refractivity contribution in [1.82, 2.24) is 0 Å². The third-order valence-electron chi connectivity index (χ3n) is 4.38. The molecular weight excluding hydrogens is 288 g/mol. The summed E-state index contributed by atoms with van der Waals surface area (Å²) >= 11 is 0. The first-order valence-corrected chi connectivity index (χ1v) is 7.78. The molecule has 0 spiro atoms. The summed E-state index contributed by atoms with van der Waals surface area (Å²) in [6, 6.07) is 15.0. The Morgan fingerprint density at radius 1 is 1.13 bits per heavy atom. The van der Waals surface area contributed by atoms with Gasteiger partial charge in [0.15, 0.2) is 0 Å². The van der Waals surface area contributed by atoms with Crippen molar-refractivity contribution in [3.05, 3.63) is 59.7 Å². The first-order chi connectivity index (χ1) is 10.9. The summed E-state index contributed by atoms with van der Waals surface area (Å²) in [6.45, 7) is 6.30. The highest BCUT2D eigenvalue weighted by atomic mass is 16.2. The average Bonchev–Trinajstić information content (AvgIpc) is 2.78. The van der Waals surface area contributed by atoms with E-state index < -0.39 is 5.41 Å². The van der Waals surface area contributed by atoms with Gasteiger partial charge in [0.1, 0.15) is 0 Å². The minimum atomic E-state index is -0.555. The fourth-order valence-electron chi connectivity index (χ4n) is 2.93. The number of nitrogens with one attached hydrogen (secondary N) is 1. The monoisotopic (exact) mass is 308 g/mol. The second-order valence-corrected chi connectivity index (χ2v) is 6.22. The Morgan fingerprint density at radius 3 is 2.48 bits per heavy atom. The molecule has 0 fully saturated rings. The zero-order chi connectivity index (χ0) is 16.6. The molecule has 1 heterocycles. The van der Waals surface area contributed by atoms with Gasteiger partial charge in [0.05, 0.1) is 5.41 Å². The predicted octanol–water partition coefficient (Wildman–Crippen LogP) is 3.58. The second-order valence-electron chi connectivity index (χ2n) is 6.22. The Balaban J connectivity index is 1.95. The van der Waals surface area contributed by atoms with E-state index in [-0.39, 0.29) is 11.8 Å². The highest BCUT2D eigenvalue weighted by Gasteiger charge is 2.38. The van der Waals surface area contributed by atoms with Crippen LogP contribution in [0.5, 0.6) is 0 Å². The van der Waals surface area contributed by atoms with Gasteiger partial charge in [-0.1, -0.05) is 24.3 Å². The first-order valence-electron chi connectivity index (χ1n) is 7.78. The van der Waals surface area contributed by atoms with Crippen LogP contribution in [0.1, 0.15) is 36.7 Å². The molecular formula is C19H20N2O2. The highest BCUT2D eigenvalue weighted by Crippen LogP contribution is 2.37. The molecule has 1 N–H and O–H groups in total. The number of amides is 2. The zero-order valence-corrected chi connectivity index (χ0v) is 13.6. The zero-order valence-electron chi connectivity index (χ0n) is 13.6. The number of anilines is 2. The van der Waals surface area contributed by atoms with Crippen LogP contribution in [0.15, 0.2) is 48.5 Å². The van der Waals surface area contributed by atoms with E-state index in [9.17, 15) is 9.59 Å². The van der Waals surface area contributed by atoms with E-state index in [1.54, 1.807) is 17.0 Å². The molecule has 4 nitrogen and oxygen atoms in total. The molecule has 0 aliphatic carbocycles. The second kappa shape index (κ2) is 5.54. The molecule has 0 saturated heterocycles. The van der Waals surface area contributed by atoms with Gasteiger partial charge in [-0.15, -0.1) is 0 Å². The highest BCUT2D eigenvalue weighted by molar-refractivity contribution is 6.10. The molecule has 0 atom stereocenters. The van der Waals surface area contributed by atoms with E-state index in [1.807, 2.05) is 57.2 Å². The van der Waals surface area contributed by atoms with Crippen molar-refractivity contribution < 1.29 is 9.59 Å². The number of fused-ring (bicyclic) bond motifs is 1. The molecule has 0 bridgehead atoms. The number of rotatable bonds is 3. The van der Waals surface area contributed by atoms with Gasteiger partial charge < -0.3 is 10.2 Å². The lowest BCUT2D eigenvalue weighted by Crippen LogP contribution is -2.30. The van der Waals surface area contributed by atoms with Crippen molar-refractivity contribution in [2.45, 2.75) is 26.2 Å². The lowest BCUT2D eigenvalue weighted by molar-refractivity contribution is -0.119. The van der Waals surface area contributed by atoms with Crippen molar-refractivity contribution in [3.63, 3.8) is 0 Å². The van der Waals surface area contributed by atoms with Gasteiger partial charge in [-0.05, 0) is 50.6 Å². The molecule has 2 amide bonds. The predicted molar refractivity (Wildman–Crippen MR) is 91.9 cm³/mol. The number of para-hydroxylation sites is 1. The fourth-order valence-corrected chi connectivity index (χ4v) is 2.93. The quantitative estimate of drug-likeness (QED) is 0.942. The first kappa shape index (κ1) is 15.3. The maximum absolute atomic E-state index is 12.8. The van der Waals surface area contributed by atoms with Crippen molar-refractivity contribution in [2.24, 2.45) is 0 Å². The molecule has 3 rings (SSSR count). The molecule has 0 aromatic heterocycles. The molecule has 1 aliphatic rings. The average molecular weight is 308 g/mol. The Bertz CT molecular complexity index is 766. The molecule has 2 aromatic carbocycles. The van der Waals surface area contributed by atoms with Gasteiger partial charge >= 0.3 is 0 Å². The van der Waals surface area contributed by atoms with Crippen LogP contribution >= 0.6 is 0 Å². The number of benzene rings is 2. The smallest absolute Gasteiger partial charge is 0.258 e. The van der Waals surface area contributed by atoms with E-state index in [1.165, 1.54) is 0 Å². The van der Waals surface area contributed by atoms with Gasteiger partial charge in [-0.3, -0.25) is 9.59 Å². The molecule has 23 heavy (non-hydrogen) atoms. The Morgan fingerprint density at radius 2 is 1.83 bits per heavy atom. The Labute approximate surface area is 136 Å². The topological polar surface area (TPSA) is 49.4 Å². The number of carbonyl (C=O) groups excluding carboxylic acids is 2.